The molecular formula is C19H22O4S. The number of hydrogen-bond donors (Lipinski definition) is 0. The first-order chi connectivity index (χ1) is 11.2. The maximum atomic E-state index is 12.1. The standard InChI is InChI=1S/C19H22O4S/c1-14(2)17-9-7-15(8-10-17)12-23-19(20)18-6-4-5-16(11-18)13-24(3,21)22/h4-11,14H,12-13H2,1-3H3. The van der Waals surface area contributed by atoms with Gasteiger partial charge in [0.05, 0.1) is 11.3 Å². The van der Waals surface area contributed by atoms with Crippen LogP contribution < -0.4 is 0 Å². The highest BCUT2D eigenvalue weighted by molar-refractivity contribution is 7.89. The Morgan fingerprint density at radius 2 is 1.71 bits per heavy atom. The van der Waals surface area contributed by atoms with Crippen LogP contribution in [-0.4, -0.2) is 20.6 Å². The van der Waals surface area contributed by atoms with Gasteiger partial charge in [-0.2, -0.15) is 0 Å². The lowest BCUT2D eigenvalue weighted by molar-refractivity contribution is 0.0472. The van der Waals surface area contributed by atoms with Crippen LogP contribution in [0, 0.1) is 0 Å². The molecule has 0 amide bonds. The van der Waals surface area contributed by atoms with E-state index in [1.807, 2.05) is 24.3 Å². The largest absolute Gasteiger partial charge is 0.457 e. The molecule has 0 saturated heterocycles. The number of ether oxygens (including phenoxy) is 1. The van der Waals surface area contributed by atoms with Crippen LogP contribution >= 0.6 is 0 Å². The molecule has 0 aliphatic rings. The Kier molecular flexibility index (Phi) is 5.78. The highest BCUT2D eigenvalue weighted by atomic mass is 32.2. The van der Waals surface area contributed by atoms with Crippen LogP contribution in [0.3, 0.4) is 0 Å². The molecule has 0 fully saturated rings. The minimum Gasteiger partial charge on any atom is -0.457 e. The zero-order valence-electron chi connectivity index (χ0n) is 14.2. The fraction of sp³-hybridized carbons (Fsp3) is 0.316. The van der Waals surface area contributed by atoms with Crippen LogP contribution in [0.5, 0.6) is 0 Å². The maximum absolute atomic E-state index is 12.1. The van der Waals surface area contributed by atoms with Crippen molar-refractivity contribution in [3.05, 3.63) is 70.8 Å². The van der Waals surface area contributed by atoms with E-state index < -0.39 is 15.8 Å². The first-order valence-electron chi connectivity index (χ1n) is 7.77. The molecule has 2 aromatic carbocycles. The predicted molar refractivity (Wildman–Crippen MR) is 94.6 cm³/mol. The lowest BCUT2D eigenvalue weighted by Gasteiger charge is -2.08. The van der Waals surface area contributed by atoms with Gasteiger partial charge in [-0.3, -0.25) is 0 Å². The highest BCUT2D eigenvalue weighted by Crippen LogP contribution is 2.16. The zero-order chi connectivity index (χ0) is 17.7. The molecule has 5 heteroatoms. The molecule has 0 N–H and O–H groups in total. The molecule has 0 atom stereocenters. The third kappa shape index (κ3) is 5.49. The molecule has 24 heavy (non-hydrogen) atoms. The summed E-state index contributed by atoms with van der Waals surface area (Å²) in [5, 5.41) is 0. The SMILES string of the molecule is CC(C)c1ccc(COC(=O)c2cccc(CS(C)(=O)=O)c2)cc1. The molecule has 2 rings (SSSR count). The Balaban J connectivity index is 2.01. The van der Waals surface area contributed by atoms with Gasteiger partial charge in [-0.05, 0) is 34.7 Å². The minimum absolute atomic E-state index is 0.0925. The Bertz CT molecular complexity index is 806. The van der Waals surface area contributed by atoms with Crippen molar-refractivity contribution < 1.29 is 17.9 Å². The van der Waals surface area contributed by atoms with E-state index in [-0.39, 0.29) is 12.4 Å². The molecular weight excluding hydrogens is 324 g/mol. The Morgan fingerprint density at radius 1 is 1.04 bits per heavy atom. The summed E-state index contributed by atoms with van der Waals surface area (Å²) in [7, 11) is -3.14. The van der Waals surface area contributed by atoms with Gasteiger partial charge in [0, 0.05) is 6.26 Å². The van der Waals surface area contributed by atoms with Crippen molar-refractivity contribution >= 4 is 15.8 Å². The van der Waals surface area contributed by atoms with Gasteiger partial charge >= 0.3 is 5.97 Å². The predicted octanol–water partition coefficient (Wildman–Crippen LogP) is 3.71. The van der Waals surface area contributed by atoms with Crippen molar-refractivity contribution in [2.75, 3.05) is 6.26 Å². The summed E-state index contributed by atoms with van der Waals surface area (Å²) in [5.41, 5.74) is 3.08. The fourth-order valence-electron chi connectivity index (χ4n) is 2.32. The van der Waals surface area contributed by atoms with Gasteiger partial charge < -0.3 is 4.74 Å². The monoisotopic (exact) mass is 346 g/mol. The molecule has 0 spiro atoms. The van der Waals surface area contributed by atoms with Crippen LogP contribution in [0.4, 0.5) is 0 Å². The Labute approximate surface area is 143 Å². The molecule has 0 bridgehead atoms. The lowest BCUT2D eigenvalue weighted by atomic mass is 10.0. The van der Waals surface area contributed by atoms with E-state index in [4.69, 9.17) is 4.74 Å². The van der Waals surface area contributed by atoms with Gasteiger partial charge in [-0.25, -0.2) is 13.2 Å². The number of carbonyl (C=O) groups excluding carboxylic acids is 1. The molecule has 0 aliphatic carbocycles. The second-order valence-corrected chi connectivity index (χ2v) is 8.38. The third-order valence-electron chi connectivity index (χ3n) is 3.61. The number of hydrogen-bond acceptors (Lipinski definition) is 4. The molecule has 128 valence electrons. The molecule has 0 aromatic heterocycles. The molecule has 0 unspecified atom stereocenters. The Morgan fingerprint density at radius 3 is 2.29 bits per heavy atom. The zero-order valence-corrected chi connectivity index (χ0v) is 15.0. The lowest BCUT2D eigenvalue weighted by Crippen LogP contribution is -2.07. The summed E-state index contributed by atoms with van der Waals surface area (Å²) in [6.07, 6.45) is 1.17. The van der Waals surface area contributed by atoms with Crippen LogP contribution in [0.1, 0.15) is 46.8 Å². The van der Waals surface area contributed by atoms with Crippen molar-refractivity contribution in [3.63, 3.8) is 0 Å². The van der Waals surface area contributed by atoms with Crippen molar-refractivity contribution in [1.29, 1.82) is 0 Å². The quantitative estimate of drug-likeness (QED) is 0.748. The van der Waals surface area contributed by atoms with Crippen molar-refractivity contribution in [1.82, 2.24) is 0 Å². The summed E-state index contributed by atoms with van der Waals surface area (Å²) >= 11 is 0. The first kappa shape index (κ1) is 18.2. The molecule has 4 nitrogen and oxygen atoms in total. The molecule has 0 aliphatic heterocycles. The maximum Gasteiger partial charge on any atom is 0.338 e. The van der Waals surface area contributed by atoms with Crippen LogP contribution in [-0.2, 0) is 26.9 Å². The number of benzene rings is 2. The smallest absolute Gasteiger partial charge is 0.338 e. The number of carbonyl (C=O) groups is 1. The average molecular weight is 346 g/mol. The van der Waals surface area contributed by atoms with Gasteiger partial charge in [0.2, 0.25) is 0 Å². The van der Waals surface area contributed by atoms with E-state index in [1.54, 1.807) is 24.3 Å². The molecule has 0 saturated carbocycles. The highest BCUT2D eigenvalue weighted by Gasteiger charge is 2.11. The van der Waals surface area contributed by atoms with Gasteiger partial charge in [-0.1, -0.05) is 50.2 Å². The summed E-state index contributed by atoms with van der Waals surface area (Å²) in [6.45, 7) is 4.44. The van der Waals surface area contributed by atoms with Gasteiger partial charge in [0.25, 0.3) is 0 Å². The van der Waals surface area contributed by atoms with E-state index in [2.05, 4.69) is 13.8 Å². The average Bonchev–Trinajstić information content (AvgIpc) is 2.51. The van der Waals surface area contributed by atoms with E-state index in [0.717, 1.165) is 5.56 Å². The van der Waals surface area contributed by atoms with Gasteiger partial charge in [-0.15, -0.1) is 0 Å². The van der Waals surface area contributed by atoms with E-state index in [0.29, 0.717) is 17.0 Å². The van der Waals surface area contributed by atoms with Crippen molar-refractivity contribution in [3.8, 4) is 0 Å². The van der Waals surface area contributed by atoms with E-state index >= 15 is 0 Å². The van der Waals surface area contributed by atoms with E-state index in [1.165, 1.54) is 11.8 Å². The normalized spacial score (nSPS) is 11.5. The van der Waals surface area contributed by atoms with Gasteiger partial charge in [0.1, 0.15) is 6.61 Å². The Hall–Kier alpha value is -2.14. The molecule has 2 aromatic rings. The van der Waals surface area contributed by atoms with E-state index in [9.17, 15) is 13.2 Å². The molecule has 0 radical (unpaired) electrons. The topological polar surface area (TPSA) is 60.4 Å². The number of rotatable bonds is 6. The van der Waals surface area contributed by atoms with Crippen molar-refractivity contribution in [2.45, 2.75) is 32.1 Å². The van der Waals surface area contributed by atoms with Crippen molar-refractivity contribution in [2.24, 2.45) is 0 Å². The second-order valence-electron chi connectivity index (χ2n) is 6.24. The minimum atomic E-state index is -3.14. The number of esters is 1. The summed E-state index contributed by atoms with van der Waals surface area (Å²) < 4.78 is 28.0. The third-order valence-corrected chi connectivity index (χ3v) is 4.47. The summed E-state index contributed by atoms with van der Waals surface area (Å²) in [5.74, 6) is -0.0948. The number of sulfone groups is 1. The summed E-state index contributed by atoms with van der Waals surface area (Å²) in [6, 6.07) is 14.5. The second kappa shape index (κ2) is 7.62. The molecule has 0 heterocycles. The van der Waals surface area contributed by atoms with Gasteiger partial charge in [0.15, 0.2) is 9.84 Å². The first-order valence-corrected chi connectivity index (χ1v) is 9.83. The fourth-order valence-corrected chi connectivity index (χ4v) is 3.11. The summed E-state index contributed by atoms with van der Waals surface area (Å²) in [4.78, 5) is 12.1. The van der Waals surface area contributed by atoms with Crippen LogP contribution in [0.15, 0.2) is 48.5 Å². The van der Waals surface area contributed by atoms with Crippen LogP contribution in [0.25, 0.3) is 0 Å². The van der Waals surface area contributed by atoms with Crippen LogP contribution in [0.2, 0.25) is 0 Å².